The fraction of sp³-hybridized carbons (Fsp3) is 0.614. The van der Waals surface area contributed by atoms with Gasteiger partial charge in [-0.15, -0.1) is 0 Å². The fourth-order valence-electron chi connectivity index (χ4n) is 11.7. The third-order valence-corrected chi connectivity index (χ3v) is 15.3. The number of hydrogen-bond donors (Lipinski definition) is 0. The van der Waals surface area contributed by atoms with Gasteiger partial charge in [0.1, 0.15) is 11.9 Å². The van der Waals surface area contributed by atoms with E-state index in [9.17, 15) is 14.4 Å². The van der Waals surface area contributed by atoms with Crippen molar-refractivity contribution in [2.24, 2.45) is 34.5 Å². The van der Waals surface area contributed by atoms with Crippen LogP contribution in [0.4, 0.5) is 0 Å². The lowest BCUT2D eigenvalue weighted by Crippen LogP contribution is -2.51. The Kier molecular flexibility index (Phi) is 10.8. The monoisotopic (exact) mass is 747 g/mol. The molecule has 280 valence electrons. The van der Waals surface area contributed by atoms with Crippen molar-refractivity contribution >= 4 is 40.9 Å². The first-order chi connectivity index (χ1) is 24.8. The van der Waals surface area contributed by atoms with Gasteiger partial charge in [0.05, 0.1) is 22.9 Å². The van der Waals surface area contributed by atoms with Gasteiger partial charge >= 0.3 is 11.9 Å². The van der Waals surface area contributed by atoms with Gasteiger partial charge in [-0.25, -0.2) is 0 Å². The summed E-state index contributed by atoms with van der Waals surface area (Å²) < 4.78 is 11.9. The summed E-state index contributed by atoms with van der Waals surface area (Å²) in [6, 6.07) is 14.4. The molecule has 0 spiro atoms. The molecule has 0 saturated heterocycles. The number of ether oxygens (including phenoxy) is 2. The Morgan fingerprint density at radius 2 is 1.63 bits per heavy atom. The van der Waals surface area contributed by atoms with Crippen molar-refractivity contribution < 1.29 is 23.9 Å². The first kappa shape index (κ1) is 37.6. The number of benzene rings is 2. The summed E-state index contributed by atoms with van der Waals surface area (Å²) in [6.07, 6.45) is 12.0. The second-order valence-electron chi connectivity index (χ2n) is 17.1. The molecule has 0 aromatic heterocycles. The highest BCUT2D eigenvalue weighted by Crippen LogP contribution is 2.66. The zero-order valence-corrected chi connectivity index (χ0v) is 33.0. The van der Waals surface area contributed by atoms with Crippen LogP contribution in [0.5, 0.6) is 0 Å². The molecule has 2 aromatic carbocycles. The van der Waals surface area contributed by atoms with Crippen LogP contribution < -0.4 is 0 Å². The molecule has 3 saturated carbocycles. The Morgan fingerprint density at radius 3 is 2.38 bits per heavy atom. The Bertz CT molecular complexity index is 1740. The molecule has 2 aromatic rings. The number of ketones is 1. The van der Waals surface area contributed by atoms with Crippen molar-refractivity contribution in [1.29, 1.82) is 0 Å². The lowest BCUT2D eigenvalue weighted by Gasteiger charge is -2.58. The van der Waals surface area contributed by atoms with Gasteiger partial charge in [0.25, 0.3) is 0 Å². The number of fused-ring (bicyclic) bond motifs is 6. The van der Waals surface area contributed by atoms with Crippen molar-refractivity contribution in [1.82, 2.24) is 4.90 Å². The van der Waals surface area contributed by atoms with Gasteiger partial charge in [-0.3, -0.25) is 19.3 Å². The number of hydrogen-bond acceptors (Lipinski definition) is 6. The first-order valence-electron chi connectivity index (χ1n) is 19.6. The minimum absolute atomic E-state index is 0.00400. The van der Waals surface area contributed by atoms with E-state index >= 15 is 0 Å². The van der Waals surface area contributed by atoms with Gasteiger partial charge in [0.15, 0.2) is 6.23 Å². The highest BCUT2D eigenvalue weighted by molar-refractivity contribution is 6.42. The summed E-state index contributed by atoms with van der Waals surface area (Å²) >= 11 is 12.6. The van der Waals surface area contributed by atoms with Crippen LogP contribution in [0.15, 0.2) is 54.1 Å². The van der Waals surface area contributed by atoms with E-state index in [2.05, 4.69) is 55.2 Å². The predicted molar refractivity (Wildman–Crippen MR) is 205 cm³/mol. The fourth-order valence-corrected chi connectivity index (χ4v) is 12.0. The second kappa shape index (κ2) is 14.9. The summed E-state index contributed by atoms with van der Waals surface area (Å²) in [7, 11) is 1.99. The lowest BCUT2D eigenvalue weighted by molar-refractivity contribution is -0.163. The van der Waals surface area contributed by atoms with Gasteiger partial charge in [-0.1, -0.05) is 79.0 Å². The zero-order valence-electron chi connectivity index (χ0n) is 31.5. The summed E-state index contributed by atoms with van der Waals surface area (Å²) in [5.74, 6) is 1.98. The summed E-state index contributed by atoms with van der Waals surface area (Å²) in [4.78, 5) is 40.6. The van der Waals surface area contributed by atoms with E-state index in [1.54, 1.807) is 6.92 Å². The Morgan fingerprint density at radius 1 is 0.885 bits per heavy atom. The second-order valence-corrected chi connectivity index (χ2v) is 17.9. The van der Waals surface area contributed by atoms with Crippen molar-refractivity contribution in [3.8, 4) is 0 Å². The number of esters is 2. The minimum atomic E-state index is -0.462. The maximum absolute atomic E-state index is 13.0. The summed E-state index contributed by atoms with van der Waals surface area (Å²) in [5.41, 5.74) is 5.34. The number of halogens is 2. The van der Waals surface area contributed by atoms with Crippen LogP contribution in [0.2, 0.25) is 10.0 Å². The van der Waals surface area contributed by atoms with Crippen molar-refractivity contribution in [3.05, 3.63) is 80.8 Å². The van der Waals surface area contributed by atoms with Gasteiger partial charge in [-0.05, 0) is 136 Å². The van der Waals surface area contributed by atoms with Crippen molar-refractivity contribution in [2.45, 2.75) is 129 Å². The van der Waals surface area contributed by atoms with Gasteiger partial charge in [0, 0.05) is 24.3 Å². The van der Waals surface area contributed by atoms with Crippen LogP contribution in [-0.4, -0.2) is 42.0 Å². The standard InChI is InChI=1S/C44H55Cl2NO5/c1-26(48)35-14-15-36-34-12-11-29-25-30(20-22-43(29,3)37(34)21-23-44(35,36)4)52-42(50)19-18-41(49)51-27(2)47(5)40-17-13-31(32-8-6-7-9-33(32)40)28-10-16-38(45)39(46)24-28/h6-11,16,24,27,30-31,34-37,40H,12-15,17-23,25H2,1-5H3. The van der Waals surface area contributed by atoms with Crippen LogP contribution >= 0.6 is 23.2 Å². The van der Waals surface area contributed by atoms with E-state index < -0.39 is 12.2 Å². The molecule has 52 heavy (non-hydrogen) atoms. The first-order valence-corrected chi connectivity index (χ1v) is 20.4. The molecular formula is C44H55Cl2NO5. The zero-order chi connectivity index (χ0) is 36.9. The molecule has 0 amide bonds. The average Bonchev–Trinajstić information content (AvgIpc) is 3.49. The Labute approximate surface area is 320 Å². The number of rotatable bonds is 9. The molecule has 10 atom stereocenters. The van der Waals surface area contributed by atoms with Crippen LogP contribution in [0.1, 0.15) is 133 Å². The SMILES string of the molecule is CC(=O)C1CCC2C3CC=C4CC(OC(=O)CCC(=O)OC(C)N(C)C5CCC(c6ccc(Cl)c(Cl)c6)c6ccccc65)CCC4(C)C3CCC12C. The molecule has 6 nitrogen and oxygen atoms in total. The maximum atomic E-state index is 13.0. The number of allylic oxidation sites excluding steroid dienone is 1. The average molecular weight is 749 g/mol. The van der Waals surface area contributed by atoms with Crippen molar-refractivity contribution in [3.63, 3.8) is 0 Å². The smallest absolute Gasteiger partial charge is 0.307 e. The van der Waals surface area contributed by atoms with Crippen LogP contribution in [0.25, 0.3) is 0 Å². The molecule has 0 radical (unpaired) electrons. The van der Waals surface area contributed by atoms with E-state index in [1.807, 2.05) is 26.1 Å². The highest BCUT2D eigenvalue weighted by Gasteiger charge is 2.59. The van der Waals surface area contributed by atoms with E-state index in [0.29, 0.717) is 33.6 Å². The molecule has 7 rings (SSSR count). The van der Waals surface area contributed by atoms with Gasteiger partial charge in [0.2, 0.25) is 0 Å². The topological polar surface area (TPSA) is 72.9 Å². The molecular weight excluding hydrogens is 693 g/mol. The summed E-state index contributed by atoms with van der Waals surface area (Å²) in [5, 5.41) is 1.11. The lowest BCUT2D eigenvalue weighted by atomic mass is 9.47. The number of Topliss-reactive ketones (excluding diaryl/α,β-unsaturated/α-hetero) is 1. The third kappa shape index (κ3) is 6.90. The van der Waals surface area contributed by atoms with E-state index in [1.165, 1.54) is 29.5 Å². The largest absolute Gasteiger partial charge is 0.462 e. The number of nitrogens with zero attached hydrogens (tertiary/aromatic N) is 1. The molecule has 0 heterocycles. The predicted octanol–water partition coefficient (Wildman–Crippen LogP) is 10.6. The Hall–Kier alpha value is -2.67. The minimum Gasteiger partial charge on any atom is -0.462 e. The van der Waals surface area contributed by atoms with Gasteiger partial charge in [-0.2, -0.15) is 0 Å². The van der Waals surface area contributed by atoms with Gasteiger partial charge < -0.3 is 9.47 Å². The molecule has 8 heteroatoms. The summed E-state index contributed by atoms with van der Waals surface area (Å²) in [6.45, 7) is 8.53. The van der Waals surface area contributed by atoms with E-state index in [0.717, 1.165) is 56.9 Å². The van der Waals surface area contributed by atoms with Crippen molar-refractivity contribution in [2.75, 3.05) is 7.05 Å². The van der Waals surface area contributed by atoms with Crippen LogP contribution in [0.3, 0.4) is 0 Å². The molecule has 0 aliphatic heterocycles. The maximum Gasteiger partial charge on any atom is 0.307 e. The third-order valence-electron chi connectivity index (χ3n) is 14.6. The van der Waals surface area contributed by atoms with Crippen LogP contribution in [-0.2, 0) is 23.9 Å². The Balaban J connectivity index is 0.902. The molecule has 5 aliphatic carbocycles. The quantitative estimate of drug-likeness (QED) is 0.144. The highest BCUT2D eigenvalue weighted by atomic mass is 35.5. The molecule has 3 fully saturated rings. The number of carbonyl (C=O) groups excluding carboxylic acids is 3. The van der Waals surface area contributed by atoms with Crippen LogP contribution in [0, 0.1) is 34.5 Å². The van der Waals surface area contributed by atoms with E-state index in [-0.39, 0.29) is 53.6 Å². The molecule has 10 unspecified atom stereocenters. The molecule has 5 aliphatic rings. The molecule has 0 bridgehead atoms. The normalized spacial score (nSPS) is 34.2. The number of carbonyl (C=O) groups is 3. The van der Waals surface area contributed by atoms with E-state index in [4.69, 9.17) is 32.7 Å². The molecule has 0 N–H and O–H groups in total.